The number of ketones is 1. The first-order chi connectivity index (χ1) is 22.6. The van der Waals surface area contributed by atoms with Crippen LogP contribution in [0.1, 0.15) is 64.0 Å². The predicted octanol–water partition coefficient (Wildman–Crippen LogP) is 1.53. The maximum Gasteiger partial charge on any atom is 0.325 e. The van der Waals surface area contributed by atoms with Crippen molar-refractivity contribution in [2.75, 3.05) is 19.6 Å². The van der Waals surface area contributed by atoms with Crippen LogP contribution in [0.15, 0.2) is 60.7 Å². The SMILES string of the molecule is CC(C)(C)[C@@H](CC(=O)[C@@H](Cc1ccccc1)NC(=O)[C@H](N)Cc1ccccc1)C(=O)N[C@H](CCCCN)C(=O)N1CCC(N)(C(=O)O)C1. The average Bonchev–Trinajstić information content (AvgIpc) is 3.46. The molecule has 0 radical (unpaired) electrons. The first-order valence-electron chi connectivity index (χ1n) is 16.6. The molecule has 48 heavy (non-hydrogen) atoms. The number of hydrogen-bond acceptors (Lipinski definition) is 8. The summed E-state index contributed by atoms with van der Waals surface area (Å²) in [4.78, 5) is 67.9. The van der Waals surface area contributed by atoms with Gasteiger partial charge in [-0.25, -0.2) is 0 Å². The Labute approximate surface area is 283 Å². The minimum atomic E-state index is -1.55. The van der Waals surface area contributed by atoms with Gasteiger partial charge in [0.25, 0.3) is 0 Å². The highest BCUT2D eigenvalue weighted by molar-refractivity contribution is 5.95. The Hall–Kier alpha value is -4.13. The molecule has 3 amide bonds. The Morgan fingerprint density at radius 2 is 1.44 bits per heavy atom. The summed E-state index contributed by atoms with van der Waals surface area (Å²) >= 11 is 0. The monoisotopic (exact) mass is 664 g/mol. The normalized spacial score (nSPS) is 18.8. The zero-order valence-electron chi connectivity index (χ0n) is 28.3. The van der Waals surface area contributed by atoms with E-state index in [2.05, 4.69) is 10.6 Å². The molecule has 9 N–H and O–H groups in total. The van der Waals surface area contributed by atoms with E-state index in [1.165, 1.54) is 4.90 Å². The van der Waals surface area contributed by atoms with Crippen LogP contribution in [0.25, 0.3) is 0 Å². The number of benzene rings is 2. The molecule has 262 valence electrons. The van der Waals surface area contributed by atoms with Crippen molar-refractivity contribution < 1.29 is 29.1 Å². The fraction of sp³-hybridized carbons (Fsp3) is 0.528. The summed E-state index contributed by atoms with van der Waals surface area (Å²) in [5.41, 5.74) is 17.4. The van der Waals surface area contributed by atoms with E-state index >= 15 is 0 Å². The van der Waals surface area contributed by atoms with Crippen molar-refractivity contribution in [2.45, 2.75) is 89.4 Å². The average molecular weight is 665 g/mol. The molecule has 1 aliphatic heterocycles. The smallest absolute Gasteiger partial charge is 0.325 e. The highest BCUT2D eigenvalue weighted by atomic mass is 16.4. The first kappa shape index (κ1) is 38.3. The van der Waals surface area contributed by atoms with Crippen LogP contribution in [0.4, 0.5) is 0 Å². The number of aliphatic carboxylic acids is 1. The highest BCUT2D eigenvalue weighted by Gasteiger charge is 2.45. The van der Waals surface area contributed by atoms with Crippen LogP contribution in [-0.4, -0.2) is 82.8 Å². The minimum absolute atomic E-state index is 0.0974. The Morgan fingerprint density at radius 1 is 0.875 bits per heavy atom. The minimum Gasteiger partial charge on any atom is -0.480 e. The van der Waals surface area contributed by atoms with Gasteiger partial charge >= 0.3 is 5.97 Å². The van der Waals surface area contributed by atoms with Crippen LogP contribution in [0.5, 0.6) is 0 Å². The van der Waals surface area contributed by atoms with E-state index in [4.69, 9.17) is 17.2 Å². The molecule has 3 rings (SSSR count). The van der Waals surface area contributed by atoms with Gasteiger partial charge in [0.05, 0.1) is 12.1 Å². The first-order valence-corrected chi connectivity index (χ1v) is 16.6. The second kappa shape index (κ2) is 17.3. The highest BCUT2D eigenvalue weighted by Crippen LogP contribution is 2.31. The number of Topliss-reactive ketones (excluding diaryl/α,β-unsaturated/α-hetero) is 1. The van der Waals surface area contributed by atoms with Crippen molar-refractivity contribution in [1.82, 2.24) is 15.5 Å². The lowest BCUT2D eigenvalue weighted by Gasteiger charge is -2.33. The van der Waals surface area contributed by atoms with Gasteiger partial charge in [0, 0.05) is 25.4 Å². The molecule has 1 saturated heterocycles. The second-order valence-corrected chi connectivity index (χ2v) is 14.0. The van der Waals surface area contributed by atoms with Gasteiger partial charge in [0.15, 0.2) is 5.78 Å². The van der Waals surface area contributed by atoms with E-state index in [-0.39, 0.29) is 38.1 Å². The van der Waals surface area contributed by atoms with E-state index in [1.54, 1.807) is 0 Å². The summed E-state index contributed by atoms with van der Waals surface area (Å²) in [6, 6.07) is 15.8. The molecular formula is C36H52N6O6. The lowest BCUT2D eigenvalue weighted by Crippen LogP contribution is -2.55. The number of carbonyl (C=O) groups excluding carboxylic acids is 4. The summed E-state index contributed by atoms with van der Waals surface area (Å²) in [5.74, 6) is -3.76. The molecule has 2 aromatic rings. The van der Waals surface area contributed by atoms with Crippen LogP contribution in [0.3, 0.4) is 0 Å². The summed E-state index contributed by atoms with van der Waals surface area (Å²) in [5, 5.41) is 15.3. The molecular weight excluding hydrogens is 612 g/mol. The third-order valence-electron chi connectivity index (χ3n) is 8.99. The van der Waals surface area contributed by atoms with E-state index in [1.807, 2.05) is 81.4 Å². The van der Waals surface area contributed by atoms with Gasteiger partial charge in [-0.2, -0.15) is 0 Å². The maximum absolute atomic E-state index is 14.0. The lowest BCUT2D eigenvalue weighted by atomic mass is 9.76. The largest absolute Gasteiger partial charge is 0.480 e. The number of rotatable bonds is 17. The van der Waals surface area contributed by atoms with Crippen LogP contribution < -0.4 is 27.8 Å². The van der Waals surface area contributed by atoms with Crippen molar-refractivity contribution >= 4 is 29.5 Å². The predicted molar refractivity (Wildman–Crippen MR) is 183 cm³/mol. The third-order valence-corrected chi connectivity index (χ3v) is 8.99. The number of nitrogens with zero attached hydrogens (tertiary/aromatic N) is 1. The number of likely N-dealkylation sites (tertiary alicyclic amines) is 1. The number of carbonyl (C=O) groups is 5. The lowest BCUT2D eigenvalue weighted by molar-refractivity contribution is -0.144. The molecule has 0 saturated carbocycles. The summed E-state index contributed by atoms with van der Waals surface area (Å²) in [6.45, 7) is 5.91. The van der Waals surface area contributed by atoms with Gasteiger partial charge in [-0.15, -0.1) is 0 Å². The molecule has 0 spiro atoms. The van der Waals surface area contributed by atoms with Gasteiger partial charge in [-0.3, -0.25) is 24.0 Å². The Balaban J connectivity index is 1.80. The van der Waals surface area contributed by atoms with E-state index in [9.17, 15) is 29.1 Å². The second-order valence-electron chi connectivity index (χ2n) is 14.0. The number of carboxylic acid groups (broad SMARTS) is 1. The maximum atomic E-state index is 14.0. The number of hydrogen-bond donors (Lipinski definition) is 6. The van der Waals surface area contributed by atoms with E-state index in [0.29, 0.717) is 32.2 Å². The zero-order chi connectivity index (χ0) is 35.5. The van der Waals surface area contributed by atoms with Gasteiger partial charge in [-0.1, -0.05) is 81.4 Å². The quantitative estimate of drug-likeness (QED) is 0.135. The van der Waals surface area contributed by atoms with Crippen molar-refractivity contribution in [1.29, 1.82) is 0 Å². The number of unbranched alkanes of at least 4 members (excludes halogenated alkanes) is 1. The topological polar surface area (TPSA) is 211 Å². The molecule has 0 bridgehead atoms. The molecule has 5 atom stereocenters. The molecule has 2 aromatic carbocycles. The standard InChI is InChI=1S/C36H52N6O6/c1-35(2,3)26(31(44)40-28(16-10-11-18-37)33(46)42-19-17-36(39,23-42)34(47)48)22-30(43)29(21-25-14-8-5-9-15-25)41-32(45)27(38)20-24-12-6-4-7-13-24/h4-9,12-15,26-29H,10-11,16-23,37-39H2,1-3H3,(H,40,44)(H,41,45)(H,47,48)/t26-,27+,28+,29+,36?/m0/s1. The van der Waals surface area contributed by atoms with Crippen molar-refractivity contribution in [2.24, 2.45) is 28.5 Å². The van der Waals surface area contributed by atoms with Crippen LogP contribution in [-0.2, 0) is 36.8 Å². The Kier molecular flexibility index (Phi) is 13.8. The summed E-state index contributed by atoms with van der Waals surface area (Å²) < 4.78 is 0. The zero-order valence-corrected chi connectivity index (χ0v) is 28.3. The van der Waals surface area contributed by atoms with Gasteiger partial charge in [0.1, 0.15) is 11.6 Å². The van der Waals surface area contributed by atoms with Gasteiger partial charge < -0.3 is 37.8 Å². The Bertz CT molecular complexity index is 1400. The van der Waals surface area contributed by atoms with Crippen LogP contribution >= 0.6 is 0 Å². The number of carboxylic acids is 1. The molecule has 1 heterocycles. The third kappa shape index (κ3) is 11.0. The van der Waals surface area contributed by atoms with Crippen molar-refractivity contribution in [3.05, 3.63) is 71.8 Å². The number of amides is 3. The van der Waals surface area contributed by atoms with Crippen molar-refractivity contribution in [3.63, 3.8) is 0 Å². The van der Waals surface area contributed by atoms with Gasteiger partial charge in [0.2, 0.25) is 17.7 Å². The van der Waals surface area contributed by atoms with Crippen molar-refractivity contribution in [3.8, 4) is 0 Å². The number of nitrogens with one attached hydrogen (secondary N) is 2. The summed E-state index contributed by atoms with van der Waals surface area (Å²) in [7, 11) is 0. The Morgan fingerprint density at radius 3 is 1.96 bits per heavy atom. The molecule has 1 fully saturated rings. The fourth-order valence-corrected chi connectivity index (χ4v) is 5.91. The molecule has 12 heteroatoms. The number of nitrogens with two attached hydrogens (primary N) is 3. The molecule has 0 aromatic heterocycles. The van der Waals surface area contributed by atoms with Crippen LogP contribution in [0.2, 0.25) is 0 Å². The fourth-order valence-electron chi connectivity index (χ4n) is 5.91. The molecule has 12 nitrogen and oxygen atoms in total. The van der Waals surface area contributed by atoms with Crippen LogP contribution in [0, 0.1) is 11.3 Å². The van der Waals surface area contributed by atoms with E-state index in [0.717, 1.165) is 11.1 Å². The molecule has 0 aliphatic carbocycles. The molecule has 1 unspecified atom stereocenters. The van der Waals surface area contributed by atoms with E-state index < -0.39 is 58.7 Å². The van der Waals surface area contributed by atoms with Gasteiger partial charge in [-0.05, 0) is 61.6 Å². The summed E-state index contributed by atoms with van der Waals surface area (Å²) in [6.07, 6.45) is 1.88. The molecule has 1 aliphatic rings.